The lowest BCUT2D eigenvalue weighted by Gasteiger charge is -2.11. The van der Waals surface area contributed by atoms with Gasteiger partial charge in [0.2, 0.25) is 0 Å². The van der Waals surface area contributed by atoms with Gasteiger partial charge >= 0.3 is 5.87 Å². The average molecular weight is 359 g/mol. The highest BCUT2D eigenvalue weighted by Gasteiger charge is 2.08. The minimum atomic E-state index is 0.852. The first-order chi connectivity index (χ1) is 13.2. The van der Waals surface area contributed by atoms with Crippen molar-refractivity contribution >= 4 is 11.4 Å². The molecule has 2 rings (SSSR count). The van der Waals surface area contributed by atoms with E-state index in [1.165, 1.54) is 29.5 Å². The number of benzene rings is 2. The molecule has 0 fully saturated rings. The summed E-state index contributed by atoms with van der Waals surface area (Å²) in [6.45, 7) is 6.48. The minimum Gasteiger partial charge on any atom is -0.348 e. The van der Waals surface area contributed by atoms with Crippen molar-refractivity contribution in [2.24, 2.45) is 0 Å². The summed E-state index contributed by atoms with van der Waals surface area (Å²) in [6.07, 6.45) is 8.66. The van der Waals surface area contributed by atoms with Gasteiger partial charge in [-0.15, -0.1) is 4.79 Å². The van der Waals surface area contributed by atoms with Crippen molar-refractivity contribution in [2.75, 3.05) is 0 Å². The van der Waals surface area contributed by atoms with Crippen LogP contribution in [0.3, 0.4) is 0 Å². The van der Waals surface area contributed by atoms with Gasteiger partial charge in [0, 0.05) is 0 Å². The number of unbranched alkanes of at least 4 members (excludes halogenated alkanes) is 2. The topological polar surface area (TPSA) is 36.4 Å². The van der Waals surface area contributed by atoms with Crippen LogP contribution >= 0.6 is 0 Å². The molecule has 0 saturated carbocycles. The Hall–Kier alpha value is -2.66. The van der Waals surface area contributed by atoms with Crippen molar-refractivity contribution in [1.29, 1.82) is 0 Å². The number of hydrogen-bond donors (Lipinski definition) is 0. The molecule has 2 heteroatoms. The maximum Gasteiger partial charge on any atom is 0.303 e. The average Bonchev–Trinajstić information content (AvgIpc) is 2.70. The summed E-state index contributed by atoms with van der Waals surface area (Å²) in [4.78, 5) is 3.16. The molecular formula is C25H30N2. The fourth-order valence-corrected chi connectivity index (χ4v) is 3.06. The number of nitrogens with zero attached hydrogens (tertiary/aromatic N) is 2. The van der Waals surface area contributed by atoms with E-state index in [1.54, 1.807) is 0 Å². The fraction of sp³-hybridized carbons (Fsp3) is 0.360. The number of allylic oxidation sites excluding steroid dienone is 2. The summed E-state index contributed by atoms with van der Waals surface area (Å²) in [6, 6.07) is 17.4. The lowest BCUT2D eigenvalue weighted by Crippen LogP contribution is -1.93. The molecule has 0 saturated heterocycles. The van der Waals surface area contributed by atoms with Crippen LogP contribution in [0.15, 0.2) is 60.2 Å². The van der Waals surface area contributed by atoms with E-state index in [-0.39, 0.29) is 0 Å². The highest BCUT2D eigenvalue weighted by atomic mass is 14.8. The van der Waals surface area contributed by atoms with Gasteiger partial charge in [0.1, 0.15) is 0 Å². The molecule has 0 aliphatic heterocycles. The number of hydrogen-bond acceptors (Lipinski definition) is 0. The molecule has 0 atom stereocenters. The van der Waals surface area contributed by atoms with Gasteiger partial charge in [-0.2, -0.15) is 0 Å². The Balaban J connectivity index is 2.46. The third kappa shape index (κ3) is 6.53. The fourth-order valence-electron chi connectivity index (χ4n) is 3.06. The summed E-state index contributed by atoms with van der Waals surface area (Å²) < 4.78 is 0. The first-order valence-electron chi connectivity index (χ1n) is 10.0. The van der Waals surface area contributed by atoms with Gasteiger partial charge in [0.05, 0.1) is 5.57 Å². The van der Waals surface area contributed by atoms with Crippen LogP contribution in [0.2, 0.25) is 0 Å². The zero-order valence-corrected chi connectivity index (χ0v) is 16.8. The standard InChI is InChI=1S/C25H30N2/c1-4-6-8-21-12-16-24(17-13-21)25(23-14-10-20(3)11-15-23)18-22(19-27-26)9-7-5-2/h10-18H,4-9H2,1-3H3. The normalized spacial score (nSPS) is 11.0. The van der Waals surface area contributed by atoms with Crippen molar-refractivity contribution in [1.82, 2.24) is 0 Å². The van der Waals surface area contributed by atoms with Crippen molar-refractivity contribution in [3.8, 4) is 0 Å². The molecule has 0 aliphatic rings. The van der Waals surface area contributed by atoms with E-state index in [0.717, 1.165) is 42.4 Å². The molecule has 27 heavy (non-hydrogen) atoms. The Kier molecular flexibility index (Phi) is 8.52. The first kappa shape index (κ1) is 20.6. The smallest absolute Gasteiger partial charge is 0.303 e. The largest absolute Gasteiger partial charge is 0.348 e. The van der Waals surface area contributed by atoms with Crippen LogP contribution in [0.25, 0.3) is 11.1 Å². The number of aryl methyl sites for hydroxylation is 2. The van der Waals surface area contributed by atoms with Crippen LogP contribution in [0.1, 0.15) is 68.2 Å². The van der Waals surface area contributed by atoms with E-state index in [9.17, 15) is 0 Å². The second-order valence-corrected chi connectivity index (χ2v) is 7.07. The Morgan fingerprint density at radius 1 is 0.926 bits per heavy atom. The van der Waals surface area contributed by atoms with Crippen LogP contribution in [0.4, 0.5) is 0 Å². The van der Waals surface area contributed by atoms with E-state index in [2.05, 4.69) is 86.0 Å². The van der Waals surface area contributed by atoms with Crippen molar-refractivity contribution < 1.29 is 4.79 Å². The zero-order valence-electron chi connectivity index (χ0n) is 16.8. The minimum absolute atomic E-state index is 0.852. The van der Waals surface area contributed by atoms with E-state index < -0.39 is 0 Å². The molecule has 0 radical (unpaired) electrons. The van der Waals surface area contributed by atoms with Crippen LogP contribution in [-0.4, -0.2) is 10.7 Å². The maximum atomic E-state index is 9.01. The summed E-state index contributed by atoms with van der Waals surface area (Å²) >= 11 is 0. The van der Waals surface area contributed by atoms with Gasteiger partial charge in [-0.1, -0.05) is 80.8 Å². The monoisotopic (exact) mass is 358 g/mol. The predicted molar refractivity (Wildman–Crippen MR) is 115 cm³/mol. The van der Waals surface area contributed by atoms with Crippen LogP contribution < -0.4 is 0 Å². The van der Waals surface area contributed by atoms with Gasteiger partial charge in [-0.3, -0.25) is 0 Å². The molecule has 2 nitrogen and oxygen atoms in total. The third-order valence-corrected chi connectivity index (χ3v) is 4.76. The summed E-state index contributed by atoms with van der Waals surface area (Å²) in [5, 5.41) is 0. The van der Waals surface area contributed by atoms with E-state index in [0.29, 0.717) is 0 Å². The number of rotatable bonds is 9. The van der Waals surface area contributed by atoms with Crippen molar-refractivity contribution in [3.63, 3.8) is 0 Å². The van der Waals surface area contributed by atoms with Crippen molar-refractivity contribution in [2.45, 2.75) is 59.3 Å². The summed E-state index contributed by atoms with van der Waals surface area (Å²) in [5.74, 6) is 2.76. The first-order valence-corrected chi connectivity index (χ1v) is 10.0. The lowest BCUT2D eigenvalue weighted by molar-refractivity contribution is 0.00746. The Bertz CT molecular complexity index is 829. The van der Waals surface area contributed by atoms with Crippen LogP contribution in [0.5, 0.6) is 0 Å². The van der Waals surface area contributed by atoms with E-state index >= 15 is 0 Å². The van der Waals surface area contributed by atoms with Gasteiger partial charge < -0.3 is 5.53 Å². The molecule has 0 aromatic heterocycles. The van der Waals surface area contributed by atoms with E-state index in [4.69, 9.17) is 5.53 Å². The Morgan fingerprint density at radius 3 is 2.07 bits per heavy atom. The molecular weight excluding hydrogens is 328 g/mol. The van der Waals surface area contributed by atoms with Gasteiger partial charge in [-0.25, -0.2) is 0 Å². The second kappa shape index (κ2) is 11.1. The molecule has 0 spiro atoms. The Labute approximate surface area is 163 Å². The van der Waals surface area contributed by atoms with Gasteiger partial charge in [0.25, 0.3) is 0 Å². The molecule has 2 aromatic rings. The third-order valence-electron chi connectivity index (χ3n) is 4.76. The predicted octanol–water partition coefficient (Wildman–Crippen LogP) is 6.79. The summed E-state index contributed by atoms with van der Waals surface area (Å²) in [5.41, 5.74) is 16.0. The zero-order chi connectivity index (χ0) is 19.5. The molecule has 140 valence electrons. The molecule has 0 N–H and O–H groups in total. The molecule has 0 heterocycles. The van der Waals surface area contributed by atoms with Gasteiger partial charge in [-0.05, 0) is 60.9 Å². The maximum absolute atomic E-state index is 9.01. The van der Waals surface area contributed by atoms with Gasteiger partial charge in [0.15, 0.2) is 0 Å². The molecule has 0 amide bonds. The molecule has 0 unspecified atom stereocenters. The quantitative estimate of drug-likeness (QED) is 0.205. The SMILES string of the molecule is CCCCC(=C=[N+]=[N-])C=C(c1ccc(C)cc1)c1ccc(CCCC)cc1. The van der Waals surface area contributed by atoms with Crippen molar-refractivity contribution in [3.05, 3.63) is 88.0 Å². The highest BCUT2D eigenvalue weighted by Crippen LogP contribution is 2.27. The van der Waals surface area contributed by atoms with Crippen LogP contribution in [0, 0.1) is 6.92 Å². The highest BCUT2D eigenvalue weighted by molar-refractivity contribution is 5.83. The molecule has 0 aliphatic carbocycles. The second-order valence-electron chi connectivity index (χ2n) is 7.07. The van der Waals surface area contributed by atoms with E-state index in [1.807, 2.05) is 0 Å². The molecule has 0 bridgehead atoms. The Morgan fingerprint density at radius 2 is 1.52 bits per heavy atom. The lowest BCUT2D eigenvalue weighted by atomic mass is 9.93. The van der Waals surface area contributed by atoms with Crippen LogP contribution in [-0.2, 0) is 6.42 Å². The molecule has 2 aromatic carbocycles. The summed E-state index contributed by atoms with van der Waals surface area (Å²) in [7, 11) is 0.